The summed E-state index contributed by atoms with van der Waals surface area (Å²) in [6, 6.07) is 12.5. The number of benzene rings is 2. The zero-order chi connectivity index (χ0) is 22.1. The first-order valence-electron chi connectivity index (χ1n) is 10.5. The monoisotopic (exact) mass is 452 g/mol. The van der Waals surface area contributed by atoms with Crippen LogP contribution in [0.1, 0.15) is 36.6 Å². The lowest BCUT2D eigenvalue weighted by atomic mass is 9.93. The van der Waals surface area contributed by atoms with Crippen LogP contribution in [-0.2, 0) is 6.54 Å². The highest BCUT2D eigenvalue weighted by atomic mass is 35.5. The SMILES string of the molecule is COc1cc(Nc2nc3n(n2)CCCC[C@H]3c2cccc(F)c2)ccc1-n1cnc(Cl)c1. The molecule has 0 amide bonds. The van der Waals surface area contributed by atoms with Crippen LogP contribution in [0.3, 0.4) is 0 Å². The smallest absolute Gasteiger partial charge is 0.246 e. The quantitative estimate of drug-likeness (QED) is 0.443. The summed E-state index contributed by atoms with van der Waals surface area (Å²) in [4.78, 5) is 8.83. The van der Waals surface area contributed by atoms with Gasteiger partial charge in [-0.1, -0.05) is 30.2 Å². The second-order valence-corrected chi connectivity index (χ2v) is 8.12. The molecule has 7 nitrogen and oxygen atoms in total. The van der Waals surface area contributed by atoms with Gasteiger partial charge in [-0.2, -0.15) is 4.98 Å². The van der Waals surface area contributed by atoms with Gasteiger partial charge >= 0.3 is 0 Å². The number of rotatable bonds is 5. The molecule has 1 aliphatic rings. The van der Waals surface area contributed by atoms with Crippen molar-refractivity contribution in [3.63, 3.8) is 0 Å². The maximum atomic E-state index is 13.8. The van der Waals surface area contributed by atoms with E-state index >= 15 is 0 Å². The molecule has 164 valence electrons. The Kier molecular flexibility index (Phi) is 5.53. The molecule has 0 aliphatic carbocycles. The average molecular weight is 453 g/mol. The van der Waals surface area contributed by atoms with Gasteiger partial charge in [0.1, 0.15) is 28.9 Å². The largest absolute Gasteiger partial charge is 0.494 e. The third kappa shape index (κ3) is 4.05. The van der Waals surface area contributed by atoms with Crippen LogP contribution < -0.4 is 10.1 Å². The number of methoxy groups -OCH3 is 1. The fourth-order valence-corrected chi connectivity index (χ4v) is 4.28. The molecular weight excluding hydrogens is 431 g/mol. The van der Waals surface area contributed by atoms with Crippen molar-refractivity contribution in [3.8, 4) is 11.4 Å². The van der Waals surface area contributed by atoms with E-state index in [1.54, 1.807) is 36.3 Å². The second kappa shape index (κ2) is 8.63. The van der Waals surface area contributed by atoms with Crippen molar-refractivity contribution in [3.05, 3.63) is 77.3 Å². The Labute approximate surface area is 189 Å². The number of fused-ring (bicyclic) bond motifs is 1. The van der Waals surface area contributed by atoms with Gasteiger partial charge in [0.25, 0.3) is 0 Å². The highest BCUT2D eigenvalue weighted by molar-refractivity contribution is 6.29. The number of ether oxygens (including phenoxy) is 1. The Morgan fingerprint density at radius 1 is 1.19 bits per heavy atom. The Balaban J connectivity index is 1.44. The number of hydrogen-bond donors (Lipinski definition) is 1. The molecule has 0 radical (unpaired) electrons. The van der Waals surface area contributed by atoms with E-state index in [9.17, 15) is 4.39 Å². The number of aryl methyl sites for hydroxylation is 1. The first-order valence-corrected chi connectivity index (χ1v) is 10.8. The highest BCUT2D eigenvalue weighted by Gasteiger charge is 2.25. The van der Waals surface area contributed by atoms with E-state index in [1.807, 2.05) is 28.9 Å². The average Bonchev–Trinajstić information content (AvgIpc) is 3.34. The van der Waals surface area contributed by atoms with E-state index in [2.05, 4.69) is 15.4 Å². The second-order valence-electron chi connectivity index (χ2n) is 7.74. The number of hydrogen-bond acceptors (Lipinski definition) is 5. The lowest BCUT2D eigenvalue weighted by Crippen LogP contribution is -2.08. The van der Waals surface area contributed by atoms with E-state index in [0.717, 1.165) is 48.6 Å². The molecule has 0 bridgehead atoms. The minimum absolute atomic E-state index is 0.0131. The van der Waals surface area contributed by atoms with Gasteiger partial charge in [-0.3, -0.25) is 0 Å². The van der Waals surface area contributed by atoms with Crippen molar-refractivity contribution in [1.82, 2.24) is 24.3 Å². The molecule has 0 saturated carbocycles. The number of imidazole rings is 1. The van der Waals surface area contributed by atoms with E-state index in [0.29, 0.717) is 16.9 Å². The van der Waals surface area contributed by atoms with Crippen molar-refractivity contribution in [1.29, 1.82) is 0 Å². The van der Waals surface area contributed by atoms with Crippen LogP contribution in [0.15, 0.2) is 55.0 Å². The molecule has 2 aromatic carbocycles. The number of anilines is 2. The van der Waals surface area contributed by atoms with Crippen molar-refractivity contribution in [2.24, 2.45) is 0 Å². The van der Waals surface area contributed by atoms with Gasteiger partial charge in [-0.15, -0.1) is 5.10 Å². The van der Waals surface area contributed by atoms with Crippen LogP contribution in [0.25, 0.3) is 5.69 Å². The van der Waals surface area contributed by atoms with Crippen molar-refractivity contribution in [2.45, 2.75) is 31.7 Å². The normalized spacial score (nSPS) is 15.8. The van der Waals surface area contributed by atoms with E-state index < -0.39 is 0 Å². The fourth-order valence-electron chi connectivity index (χ4n) is 4.14. The summed E-state index contributed by atoms with van der Waals surface area (Å²) in [6.07, 6.45) is 6.32. The summed E-state index contributed by atoms with van der Waals surface area (Å²) in [6.45, 7) is 0.791. The van der Waals surface area contributed by atoms with Crippen molar-refractivity contribution >= 4 is 23.2 Å². The maximum absolute atomic E-state index is 13.8. The van der Waals surface area contributed by atoms with Crippen LogP contribution >= 0.6 is 11.6 Å². The number of nitrogens with zero attached hydrogens (tertiary/aromatic N) is 5. The minimum Gasteiger partial charge on any atom is -0.494 e. The zero-order valence-corrected chi connectivity index (χ0v) is 18.3. The number of halogens is 2. The summed E-state index contributed by atoms with van der Waals surface area (Å²) in [5.74, 6) is 1.79. The molecule has 0 saturated heterocycles. The summed E-state index contributed by atoms with van der Waals surface area (Å²) in [5, 5.41) is 8.35. The Morgan fingerprint density at radius 2 is 2.09 bits per heavy atom. The van der Waals surface area contributed by atoms with Crippen LogP contribution in [0.5, 0.6) is 5.75 Å². The van der Waals surface area contributed by atoms with Gasteiger partial charge in [0.15, 0.2) is 0 Å². The Bertz CT molecular complexity index is 1250. The lowest BCUT2D eigenvalue weighted by molar-refractivity contribution is 0.413. The molecule has 1 atom stereocenters. The van der Waals surface area contributed by atoms with Gasteiger partial charge in [0, 0.05) is 30.4 Å². The Hall–Kier alpha value is -3.39. The molecule has 3 heterocycles. The van der Waals surface area contributed by atoms with Crippen LogP contribution in [0, 0.1) is 5.82 Å². The Morgan fingerprint density at radius 3 is 2.88 bits per heavy atom. The summed E-state index contributed by atoms with van der Waals surface area (Å²) in [7, 11) is 1.61. The molecule has 1 N–H and O–H groups in total. The minimum atomic E-state index is -0.234. The molecular formula is C23H22ClFN6O. The fraction of sp³-hybridized carbons (Fsp3) is 0.261. The maximum Gasteiger partial charge on any atom is 0.246 e. The first-order chi connectivity index (χ1) is 15.6. The third-order valence-corrected chi connectivity index (χ3v) is 5.84. The molecule has 5 rings (SSSR count). The predicted molar refractivity (Wildman–Crippen MR) is 121 cm³/mol. The van der Waals surface area contributed by atoms with E-state index in [1.165, 1.54) is 6.07 Å². The van der Waals surface area contributed by atoms with E-state index in [4.69, 9.17) is 21.3 Å². The third-order valence-electron chi connectivity index (χ3n) is 5.64. The van der Waals surface area contributed by atoms with Gasteiger partial charge in [0.05, 0.1) is 12.8 Å². The summed E-state index contributed by atoms with van der Waals surface area (Å²) >= 11 is 5.95. The first kappa shape index (κ1) is 20.5. The zero-order valence-electron chi connectivity index (χ0n) is 17.5. The number of nitrogens with one attached hydrogen (secondary N) is 1. The lowest BCUT2D eigenvalue weighted by Gasteiger charge is -2.14. The van der Waals surface area contributed by atoms with Crippen molar-refractivity contribution < 1.29 is 9.13 Å². The van der Waals surface area contributed by atoms with Gasteiger partial charge in [-0.05, 0) is 42.7 Å². The van der Waals surface area contributed by atoms with Crippen molar-refractivity contribution in [2.75, 3.05) is 12.4 Å². The highest BCUT2D eigenvalue weighted by Crippen LogP contribution is 2.33. The molecule has 2 aromatic heterocycles. The van der Waals surface area contributed by atoms with Crippen LogP contribution in [0.2, 0.25) is 5.15 Å². The molecule has 9 heteroatoms. The number of aromatic nitrogens is 5. The summed E-state index contributed by atoms with van der Waals surface area (Å²) < 4.78 is 23.1. The molecule has 0 fully saturated rings. The van der Waals surface area contributed by atoms with Crippen LogP contribution in [-0.4, -0.2) is 31.4 Å². The molecule has 32 heavy (non-hydrogen) atoms. The van der Waals surface area contributed by atoms with Crippen LogP contribution in [0.4, 0.5) is 16.0 Å². The summed E-state index contributed by atoms with van der Waals surface area (Å²) in [5.41, 5.74) is 2.54. The van der Waals surface area contributed by atoms with Gasteiger partial charge in [-0.25, -0.2) is 14.1 Å². The molecule has 0 spiro atoms. The van der Waals surface area contributed by atoms with Gasteiger partial charge in [0.2, 0.25) is 5.95 Å². The molecule has 1 aliphatic heterocycles. The van der Waals surface area contributed by atoms with E-state index in [-0.39, 0.29) is 11.7 Å². The molecule has 0 unspecified atom stereocenters. The molecule has 4 aromatic rings. The topological polar surface area (TPSA) is 69.8 Å². The van der Waals surface area contributed by atoms with Gasteiger partial charge < -0.3 is 14.6 Å². The predicted octanol–water partition coefficient (Wildman–Crippen LogP) is 5.32. The standard InChI is InChI=1S/C23H22ClFN6O/c1-32-20-12-17(8-9-19(20)30-13-21(24)26-14-30)27-23-28-22-18(7-2-3-10-31(22)29-23)15-5-4-6-16(25)11-15/h4-6,8-9,11-14,18H,2-3,7,10H2,1H3,(H,27,29)/t18-/m0/s1.